The number of alkyl halides is 1. The number of nitrogens with zero attached hydrogens (tertiary/aromatic N) is 5. The van der Waals surface area contributed by atoms with E-state index in [1.807, 2.05) is 26.0 Å². The molecular weight excluding hydrogens is 401 g/mol. The van der Waals surface area contributed by atoms with Gasteiger partial charge in [-0.05, 0) is 38.8 Å². The summed E-state index contributed by atoms with van der Waals surface area (Å²) in [6.45, 7) is 4.91. The summed E-state index contributed by atoms with van der Waals surface area (Å²) < 4.78 is 26.3. The van der Waals surface area contributed by atoms with Gasteiger partial charge < -0.3 is 19.3 Å². The van der Waals surface area contributed by atoms with Gasteiger partial charge in [-0.1, -0.05) is 0 Å². The van der Waals surface area contributed by atoms with Crippen molar-refractivity contribution in [1.82, 2.24) is 19.9 Å². The van der Waals surface area contributed by atoms with E-state index in [4.69, 9.17) is 9.47 Å². The van der Waals surface area contributed by atoms with Crippen LogP contribution in [0.1, 0.15) is 37.4 Å². The van der Waals surface area contributed by atoms with E-state index in [1.165, 1.54) is 11.2 Å². The Morgan fingerprint density at radius 1 is 1.26 bits per heavy atom. The summed E-state index contributed by atoms with van der Waals surface area (Å²) in [5.74, 6) is 1.11. The number of carbonyl (C=O) groups is 1. The van der Waals surface area contributed by atoms with Gasteiger partial charge in [-0.25, -0.2) is 19.2 Å². The summed E-state index contributed by atoms with van der Waals surface area (Å²) in [5, 5.41) is 0. The minimum Gasteiger partial charge on any atom is -0.471 e. The van der Waals surface area contributed by atoms with Crippen LogP contribution in [0.5, 0.6) is 5.88 Å². The summed E-state index contributed by atoms with van der Waals surface area (Å²) in [4.78, 5) is 28.9. The van der Waals surface area contributed by atoms with Crippen molar-refractivity contribution in [1.29, 1.82) is 0 Å². The lowest BCUT2D eigenvalue weighted by molar-refractivity contribution is 0.00202. The first-order valence-electron chi connectivity index (χ1n) is 10.8. The van der Waals surface area contributed by atoms with Crippen LogP contribution in [0.3, 0.4) is 0 Å². The lowest BCUT2D eigenvalue weighted by Gasteiger charge is -2.34. The summed E-state index contributed by atoms with van der Waals surface area (Å²) in [5.41, 5.74) is 2.45. The molecule has 8 nitrogen and oxygen atoms in total. The van der Waals surface area contributed by atoms with Crippen LogP contribution in [0.25, 0.3) is 0 Å². The smallest absolute Gasteiger partial charge is 0.410 e. The Morgan fingerprint density at radius 2 is 2.10 bits per heavy atom. The number of hydrogen-bond acceptors (Lipinski definition) is 7. The van der Waals surface area contributed by atoms with Gasteiger partial charge in [0, 0.05) is 32.1 Å². The summed E-state index contributed by atoms with van der Waals surface area (Å²) in [6.07, 6.45) is 3.76. The van der Waals surface area contributed by atoms with Crippen molar-refractivity contribution >= 4 is 17.6 Å². The standard InChI is InChI=1S/C22H26FN5O3/c1-14-19(28-11-5-16-17(28)4-3-9-24-16)25-13-26-20(14)30-18-6-10-27(12-15(18)23)21(29)31-22(2)7-8-22/h3-4,9,13,15,18H,5-8,10-12H2,1-2H3/t15-,18+/m1/s1. The number of piperidine rings is 1. The number of aromatic nitrogens is 3. The number of hydrogen-bond donors (Lipinski definition) is 0. The average molecular weight is 427 g/mol. The molecule has 0 bridgehead atoms. The molecular formula is C22H26FN5O3. The molecule has 0 spiro atoms. The third-order valence-electron chi connectivity index (χ3n) is 6.29. The molecule has 2 aromatic heterocycles. The highest BCUT2D eigenvalue weighted by atomic mass is 19.1. The first-order valence-corrected chi connectivity index (χ1v) is 10.8. The van der Waals surface area contributed by atoms with E-state index in [-0.39, 0.29) is 12.1 Å². The van der Waals surface area contributed by atoms with Crippen LogP contribution < -0.4 is 9.64 Å². The van der Waals surface area contributed by atoms with Gasteiger partial charge in [-0.3, -0.25) is 4.98 Å². The highest BCUT2D eigenvalue weighted by Crippen LogP contribution is 2.39. The number of halogens is 1. The van der Waals surface area contributed by atoms with Gasteiger partial charge in [0.1, 0.15) is 23.9 Å². The molecule has 1 saturated heterocycles. The van der Waals surface area contributed by atoms with E-state index in [2.05, 4.69) is 19.9 Å². The van der Waals surface area contributed by atoms with Crippen LogP contribution in [0.2, 0.25) is 0 Å². The molecule has 31 heavy (non-hydrogen) atoms. The minimum absolute atomic E-state index is 0.0399. The van der Waals surface area contributed by atoms with Crippen molar-refractivity contribution in [3.63, 3.8) is 0 Å². The molecule has 2 aromatic rings. The van der Waals surface area contributed by atoms with Crippen molar-refractivity contribution in [3.05, 3.63) is 35.9 Å². The third kappa shape index (κ3) is 3.88. The van der Waals surface area contributed by atoms with Crippen molar-refractivity contribution in [2.75, 3.05) is 24.5 Å². The maximum atomic E-state index is 14.9. The topological polar surface area (TPSA) is 80.7 Å². The predicted molar refractivity (Wildman–Crippen MR) is 111 cm³/mol. The number of amides is 1. The monoisotopic (exact) mass is 427 g/mol. The van der Waals surface area contributed by atoms with Gasteiger partial charge in [0.2, 0.25) is 5.88 Å². The molecule has 2 aliphatic heterocycles. The molecule has 5 rings (SSSR count). The first kappa shape index (κ1) is 20.0. The molecule has 1 saturated carbocycles. The van der Waals surface area contributed by atoms with Gasteiger partial charge in [0.25, 0.3) is 0 Å². The van der Waals surface area contributed by atoms with Gasteiger partial charge in [0.15, 0.2) is 6.17 Å². The van der Waals surface area contributed by atoms with Crippen LogP contribution in [-0.4, -0.2) is 63.5 Å². The van der Waals surface area contributed by atoms with Crippen LogP contribution in [-0.2, 0) is 11.2 Å². The molecule has 0 unspecified atom stereocenters. The SMILES string of the molecule is Cc1c(O[C@H]2CCN(C(=O)OC3(C)CC3)C[C@H]2F)ncnc1N1CCc2ncccc21. The zero-order chi connectivity index (χ0) is 21.6. The number of fused-ring (bicyclic) bond motifs is 1. The maximum absolute atomic E-state index is 14.9. The van der Waals surface area contributed by atoms with E-state index >= 15 is 0 Å². The second kappa shape index (κ2) is 7.62. The van der Waals surface area contributed by atoms with E-state index in [0.717, 1.165) is 48.6 Å². The van der Waals surface area contributed by atoms with Crippen molar-refractivity contribution in [3.8, 4) is 5.88 Å². The van der Waals surface area contributed by atoms with Crippen LogP contribution in [0, 0.1) is 6.92 Å². The lowest BCUT2D eigenvalue weighted by atomic mass is 10.1. The number of carbonyl (C=O) groups excluding carboxylic acids is 1. The third-order valence-corrected chi connectivity index (χ3v) is 6.29. The fraction of sp³-hybridized carbons (Fsp3) is 0.545. The fourth-order valence-corrected chi connectivity index (χ4v) is 4.12. The summed E-state index contributed by atoms with van der Waals surface area (Å²) in [6, 6.07) is 3.92. The Labute approximate surface area is 180 Å². The molecule has 2 fully saturated rings. The Bertz CT molecular complexity index is 999. The minimum atomic E-state index is -1.32. The first-order chi connectivity index (χ1) is 14.9. The molecule has 1 aliphatic carbocycles. The number of likely N-dealkylation sites (tertiary alicyclic amines) is 1. The zero-order valence-electron chi connectivity index (χ0n) is 17.8. The van der Waals surface area contributed by atoms with Gasteiger partial charge in [-0.15, -0.1) is 0 Å². The quantitative estimate of drug-likeness (QED) is 0.740. The Balaban J connectivity index is 1.27. The van der Waals surface area contributed by atoms with E-state index in [1.54, 1.807) is 6.20 Å². The van der Waals surface area contributed by atoms with Gasteiger partial charge in [0.05, 0.1) is 23.5 Å². The number of pyridine rings is 1. The Hall–Kier alpha value is -2.97. The number of rotatable bonds is 4. The van der Waals surface area contributed by atoms with E-state index in [9.17, 15) is 9.18 Å². The van der Waals surface area contributed by atoms with Crippen molar-refractivity contribution in [2.24, 2.45) is 0 Å². The van der Waals surface area contributed by atoms with Gasteiger partial charge >= 0.3 is 6.09 Å². The summed E-state index contributed by atoms with van der Waals surface area (Å²) in [7, 11) is 0. The molecule has 2 atom stereocenters. The fourth-order valence-electron chi connectivity index (χ4n) is 4.12. The Kier molecular flexibility index (Phi) is 4.91. The summed E-state index contributed by atoms with van der Waals surface area (Å²) >= 11 is 0. The largest absolute Gasteiger partial charge is 0.471 e. The normalized spacial score (nSPS) is 24.0. The zero-order valence-corrected chi connectivity index (χ0v) is 17.8. The van der Waals surface area contributed by atoms with Crippen molar-refractivity contribution < 1.29 is 18.7 Å². The second-order valence-electron chi connectivity index (χ2n) is 8.72. The number of anilines is 2. The molecule has 3 aliphatic rings. The lowest BCUT2D eigenvalue weighted by Crippen LogP contribution is -2.50. The Morgan fingerprint density at radius 3 is 2.87 bits per heavy atom. The second-order valence-corrected chi connectivity index (χ2v) is 8.72. The maximum Gasteiger partial charge on any atom is 0.410 e. The molecule has 0 radical (unpaired) electrons. The predicted octanol–water partition coefficient (Wildman–Crippen LogP) is 3.35. The van der Waals surface area contributed by atoms with Crippen molar-refractivity contribution in [2.45, 2.75) is 57.4 Å². The molecule has 164 valence electrons. The number of ether oxygens (including phenoxy) is 2. The molecule has 1 amide bonds. The highest BCUT2D eigenvalue weighted by molar-refractivity contribution is 5.69. The van der Waals surface area contributed by atoms with Crippen LogP contribution in [0.15, 0.2) is 24.7 Å². The van der Waals surface area contributed by atoms with Gasteiger partial charge in [-0.2, -0.15) is 0 Å². The molecule has 0 aromatic carbocycles. The van der Waals surface area contributed by atoms with Crippen LogP contribution >= 0.6 is 0 Å². The van der Waals surface area contributed by atoms with E-state index < -0.39 is 18.4 Å². The average Bonchev–Trinajstić information content (AvgIpc) is 3.32. The molecule has 0 N–H and O–H groups in total. The van der Waals surface area contributed by atoms with Crippen LogP contribution in [0.4, 0.5) is 20.7 Å². The molecule has 9 heteroatoms. The van der Waals surface area contributed by atoms with E-state index in [0.29, 0.717) is 18.8 Å². The molecule has 4 heterocycles. The highest BCUT2D eigenvalue weighted by Gasteiger charge is 2.44.